The van der Waals surface area contributed by atoms with Crippen molar-refractivity contribution in [3.8, 4) is 6.07 Å². The van der Waals surface area contributed by atoms with E-state index in [9.17, 15) is 15.2 Å². The molecular formula is C18H21N5O2. The number of benzene rings is 1. The molecule has 0 aliphatic carbocycles. The highest BCUT2D eigenvalue weighted by molar-refractivity contribution is 6.03. The summed E-state index contributed by atoms with van der Waals surface area (Å²) in [5, 5.41) is 26.1. The Hall–Kier alpha value is -2.85. The average molecular weight is 339 g/mol. The number of piperidine rings is 1. The van der Waals surface area contributed by atoms with Gasteiger partial charge in [-0.15, -0.1) is 0 Å². The minimum Gasteiger partial charge on any atom is -0.393 e. The minimum atomic E-state index is -0.263. The first kappa shape index (κ1) is 17.0. The lowest BCUT2D eigenvalue weighted by Gasteiger charge is -2.32. The van der Waals surface area contributed by atoms with Gasteiger partial charge in [-0.3, -0.25) is 9.48 Å². The van der Waals surface area contributed by atoms with E-state index in [2.05, 4.69) is 21.4 Å². The van der Waals surface area contributed by atoms with E-state index in [1.165, 1.54) is 4.68 Å². The van der Waals surface area contributed by atoms with Crippen LogP contribution in [0.2, 0.25) is 0 Å². The van der Waals surface area contributed by atoms with Crippen LogP contribution in [0.5, 0.6) is 0 Å². The van der Waals surface area contributed by atoms with E-state index in [0.717, 1.165) is 24.5 Å². The molecule has 7 heteroatoms. The molecular weight excluding hydrogens is 318 g/mol. The average Bonchev–Trinajstić information content (AvgIpc) is 2.94. The molecule has 2 aromatic rings. The summed E-state index contributed by atoms with van der Waals surface area (Å²) in [4.78, 5) is 14.5. The summed E-state index contributed by atoms with van der Waals surface area (Å²) in [6, 6.07) is 9.24. The molecule has 0 radical (unpaired) electrons. The Balaban J connectivity index is 1.79. The van der Waals surface area contributed by atoms with E-state index in [1.54, 1.807) is 25.2 Å². The SMILES string of the molecule is Cc1cc(C(=O)Nc2ccc(N3CCC(O)CC3)c(C#N)c2)n(C)n1. The van der Waals surface area contributed by atoms with Crippen molar-refractivity contribution in [1.29, 1.82) is 5.26 Å². The highest BCUT2D eigenvalue weighted by Gasteiger charge is 2.20. The van der Waals surface area contributed by atoms with Gasteiger partial charge in [0.15, 0.2) is 0 Å². The van der Waals surface area contributed by atoms with Crippen LogP contribution in [0.3, 0.4) is 0 Å². The molecule has 1 fully saturated rings. The number of nitrogens with zero attached hydrogens (tertiary/aromatic N) is 4. The van der Waals surface area contributed by atoms with Crippen LogP contribution in [0.15, 0.2) is 24.3 Å². The molecule has 25 heavy (non-hydrogen) atoms. The summed E-state index contributed by atoms with van der Waals surface area (Å²) in [7, 11) is 1.72. The Kier molecular flexibility index (Phi) is 4.72. The second kappa shape index (κ2) is 6.95. The zero-order valence-corrected chi connectivity index (χ0v) is 14.4. The van der Waals surface area contributed by atoms with E-state index >= 15 is 0 Å². The summed E-state index contributed by atoms with van der Waals surface area (Å²) < 4.78 is 1.53. The molecule has 0 atom stereocenters. The van der Waals surface area contributed by atoms with Crippen LogP contribution < -0.4 is 10.2 Å². The van der Waals surface area contributed by atoms with Crippen LogP contribution in [-0.4, -0.2) is 40.0 Å². The van der Waals surface area contributed by atoms with E-state index in [4.69, 9.17) is 0 Å². The summed E-state index contributed by atoms with van der Waals surface area (Å²) >= 11 is 0. The van der Waals surface area contributed by atoms with Crippen LogP contribution in [0.4, 0.5) is 11.4 Å². The summed E-state index contributed by atoms with van der Waals surface area (Å²) in [5.41, 5.74) is 3.15. The maximum atomic E-state index is 12.4. The monoisotopic (exact) mass is 339 g/mol. The Morgan fingerprint density at radius 1 is 1.36 bits per heavy atom. The molecule has 1 aromatic carbocycles. The lowest BCUT2D eigenvalue weighted by molar-refractivity contribution is 0.101. The van der Waals surface area contributed by atoms with Crippen molar-refractivity contribution in [3.05, 3.63) is 41.2 Å². The second-order valence-corrected chi connectivity index (χ2v) is 6.31. The van der Waals surface area contributed by atoms with Gasteiger partial charge in [-0.05, 0) is 44.0 Å². The molecule has 0 spiro atoms. The molecule has 130 valence electrons. The third-order valence-electron chi connectivity index (χ3n) is 4.41. The molecule has 1 aliphatic heterocycles. The zero-order chi connectivity index (χ0) is 18.0. The van der Waals surface area contributed by atoms with E-state index in [0.29, 0.717) is 29.8 Å². The number of hydrogen-bond donors (Lipinski definition) is 2. The predicted molar refractivity (Wildman–Crippen MR) is 94.5 cm³/mol. The first-order chi connectivity index (χ1) is 12.0. The number of aromatic nitrogens is 2. The van der Waals surface area contributed by atoms with Gasteiger partial charge in [0.1, 0.15) is 11.8 Å². The standard InChI is InChI=1S/C18H21N5O2/c1-12-9-17(22(2)21-12)18(25)20-14-3-4-16(13(10-14)11-19)23-7-5-15(24)6-8-23/h3-4,9-10,15,24H,5-8H2,1-2H3,(H,20,25). The van der Waals surface area contributed by atoms with Gasteiger partial charge in [0.2, 0.25) is 0 Å². The van der Waals surface area contributed by atoms with Crippen molar-refractivity contribution in [2.45, 2.75) is 25.9 Å². The first-order valence-electron chi connectivity index (χ1n) is 8.27. The van der Waals surface area contributed by atoms with Crippen LogP contribution in [0.25, 0.3) is 0 Å². The highest BCUT2D eigenvalue weighted by Crippen LogP contribution is 2.27. The molecule has 1 amide bonds. The number of anilines is 2. The van der Waals surface area contributed by atoms with Crippen LogP contribution in [0, 0.1) is 18.3 Å². The van der Waals surface area contributed by atoms with Crippen molar-refractivity contribution in [2.75, 3.05) is 23.3 Å². The van der Waals surface area contributed by atoms with Crippen molar-refractivity contribution in [3.63, 3.8) is 0 Å². The normalized spacial score (nSPS) is 15.0. The van der Waals surface area contributed by atoms with Crippen LogP contribution in [-0.2, 0) is 7.05 Å². The van der Waals surface area contributed by atoms with Gasteiger partial charge >= 0.3 is 0 Å². The lowest BCUT2D eigenvalue weighted by atomic mass is 10.0. The molecule has 7 nitrogen and oxygen atoms in total. The quantitative estimate of drug-likeness (QED) is 0.889. The first-order valence-corrected chi connectivity index (χ1v) is 8.27. The minimum absolute atomic E-state index is 0.261. The number of aryl methyl sites for hydroxylation is 2. The molecule has 1 saturated heterocycles. The molecule has 3 rings (SSSR count). The van der Waals surface area contributed by atoms with Crippen molar-refractivity contribution in [2.24, 2.45) is 7.05 Å². The Bertz CT molecular complexity index is 828. The molecule has 0 saturated carbocycles. The van der Waals surface area contributed by atoms with Gasteiger partial charge in [0.05, 0.1) is 23.0 Å². The largest absolute Gasteiger partial charge is 0.393 e. The van der Waals surface area contributed by atoms with Gasteiger partial charge < -0.3 is 15.3 Å². The number of nitrogens with one attached hydrogen (secondary N) is 1. The Morgan fingerprint density at radius 3 is 2.68 bits per heavy atom. The smallest absolute Gasteiger partial charge is 0.273 e. The van der Waals surface area contributed by atoms with Crippen molar-refractivity contribution >= 4 is 17.3 Å². The van der Waals surface area contributed by atoms with Crippen LogP contribution in [0.1, 0.15) is 34.6 Å². The molecule has 0 bridgehead atoms. The summed E-state index contributed by atoms with van der Waals surface area (Å²) in [5.74, 6) is -0.263. The predicted octanol–water partition coefficient (Wildman–Crippen LogP) is 1.81. The zero-order valence-electron chi connectivity index (χ0n) is 14.4. The van der Waals surface area contributed by atoms with Gasteiger partial charge in [0, 0.05) is 25.8 Å². The topological polar surface area (TPSA) is 94.2 Å². The third kappa shape index (κ3) is 3.64. The second-order valence-electron chi connectivity index (χ2n) is 6.31. The van der Waals surface area contributed by atoms with Crippen molar-refractivity contribution in [1.82, 2.24) is 9.78 Å². The number of aliphatic hydroxyl groups excluding tert-OH is 1. The highest BCUT2D eigenvalue weighted by atomic mass is 16.3. The number of carbonyl (C=O) groups is 1. The van der Waals surface area contributed by atoms with Gasteiger partial charge in [-0.25, -0.2) is 0 Å². The fraction of sp³-hybridized carbons (Fsp3) is 0.389. The number of hydrogen-bond acceptors (Lipinski definition) is 5. The Labute approximate surface area is 146 Å². The fourth-order valence-electron chi connectivity index (χ4n) is 3.10. The maximum Gasteiger partial charge on any atom is 0.273 e. The van der Waals surface area contributed by atoms with Gasteiger partial charge in [-0.2, -0.15) is 10.4 Å². The molecule has 1 aromatic heterocycles. The molecule has 0 unspecified atom stereocenters. The summed E-state index contributed by atoms with van der Waals surface area (Å²) in [6.45, 7) is 3.26. The van der Waals surface area contributed by atoms with Gasteiger partial charge in [0.25, 0.3) is 5.91 Å². The van der Waals surface area contributed by atoms with E-state index < -0.39 is 0 Å². The third-order valence-corrected chi connectivity index (χ3v) is 4.41. The number of rotatable bonds is 3. The maximum absolute atomic E-state index is 12.4. The van der Waals surface area contributed by atoms with E-state index in [-0.39, 0.29) is 12.0 Å². The number of carbonyl (C=O) groups excluding carboxylic acids is 1. The lowest BCUT2D eigenvalue weighted by Crippen LogP contribution is -2.36. The van der Waals surface area contributed by atoms with Gasteiger partial charge in [-0.1, -0.05) is 0 Å². The fourth-order valence-corrected chi connectivity index (χ4v) is 3.10. The number of nitriles is 1. The summed E-state index contributed by atoms with van der Waals surface area (Å²) in [6.07, 6.45) is 1.13. The molecule has 2 N–H and O–H groups in total. The van der Waals surface area contributed by atoms with Crippen molar-refractivity contribution < 1.29 is 9.90 Å². The number of amides is 1. The number of aliphatic hydroxyl groups is 1. The molecule has 2 heterocycles. The van der Waals surface area contributed by atoms with Crippen LogP contribution >= 0.6 is 0 Å². The molecule has 1 aliphatic rings. The Morgan fingerprint density at radius 2 is 2.08 bits per heavy atom. The van der Waals surface area contributed by atoms with E-state index in [1.807, 2.05) is 13.0 Å².